The van der Waals surface area contributed by atoms with Gasteiger partial charge >= 0.3 is 0 Å². The van der Waals surface area contributed by atoms with Crippen molar-refractivity contribution >= 4 is 16.3 Å². The maximum absolute atomic E-state index is 5.42. The Balaban J connectivity index is 1.66. The highest BCUT2D eigenvalue weighted by molar-refractivity contribution is 7.15. The summed E-state index contributed by atoms with van der Waals surface area (Å²) in [6.45, 7) is 3.15. The van der Waals surface area contributed by atoms with Gasteiger partial charge in [-0.25, -0.2) is 0 Å². The predicted molar refractivity (Wildman–Crippen MR) is 87.1 cm³/mol. The van der Waals surface area contributed by atoms with Crippen molar-refractivity contribution in [1.82, 2.24) is 14.7 Å². The van der Waals surface area contributed by atoms with Crippen molar-refractivity contribution < 1.29 is 4.74 Å². The molecule has 0 unspecified atom stereocenters. The Kier molecular flexibility index (Phi) is 4.80. The number of aromatic nitrogens is 2. The van der Waals surface area contributed by atoms with E-state index in [1.165, 1.54) is 38.5 Å². The normalized spacial score (nSPS) is 18.8. The standard InChI is InChI=1S/C16H25N3OS/c1-12(13-7-5-3-4-6-8-13)17-11-14-15(20-2)18-16-19(14)9-10-21-16/h9-10,12-13,17H,3-8,11H2,1-2H3/t12-/m1/s1. The van der Waals surface area contributed by atoms with Gasteiger partial charge in [-0.15, -0.1) is 11.3 Å². The van der Waals surface area contributed by atoms with Gasteiger partial charge in [0.05, 0.1) is 7.11 Å². The molecule has 3 rings (SSSR count). The topological polar surface area (TPSA) is 38.6 Å². The van der Waals surface area contributed by atoms with E-state index in [0.717, 1.165) is 29.0 Å². The molecular formula is C16H25N3OS. The van der Waals surface area contributed by atoms with Gasteiger partial charge < -0.3 is 10.1 Å². The maximum Gasteiger partial charge on any atom is 0.237 e. The summed E-state index contributed by atoms with van der Waals surface area (Å²) in [7, 11) is 1.70. The molecule has 2 heterocycles. The number of methoxy groups -OCH3 is 1. The molecule has 1 atom stereocenters. The van der Waals surface area contributed by atoms with Crippen molar-refractivity contribution in [2.24, 2.45) is 5.92 Å². The van der Waals surface area contributed by atoms with Crippen LogP contribution >= 0.6 is 11.3 Å². The number of thiazole rings is 1. The monoisotopic (exact) mass is 307 g/mol. The van der Waals surface area contributed by atoms with Crippen LogP contribution in [0.25, 0.3) is 4.96 Å². The molecule has 116 valence electrons. The van der Waals surface area contributed by atoms with Crippen molar-refractivity contribution in [3.8, 4) is 5.88 Å². The Morgan fingerprint density at radius 2 is 2.14 bits per heavy atom. The molecule has 0 amide bonds. The van der Waals surface area contributed by atoms with E-state index in [9.17, 15) is 0 Å². The van der Waals surface area contributed by atoms with Crippen LogP contribution in [0.1, 0.15) is 51.1 Å². The Morgan fingerprint density at radius 3 is 2.86 bits per heavy atom. The van der Waals surface area contributed by atoms with E-state index in [0.29, 0.717) is 6.04 Å². The number of fused-ring (bicyclic) bond motifs is 1. The van der Waals surface area contributed by atoms with Gasteiger partial charge in [0.15, 0.2) is 4.96 Å². The molecule has 5 heteroatoms. The van der Waals surface area contributed by atoms with E-state index >= 15 is 0 Å². The molecule has 1 aliphatic rings. The number of nitrogens with one attached hydrogen (secondary N) is 1. The lowest BCUT2D eigenvalue weighted by Gasteiger charge is -2.23. The van der Waals surface area contributed by atoms with Crippen LogP contribution in [0.4, 0.5) is 0 Å². The van der Waals surface area contributed by atoms with Crippen LogP contribution < -0.4 is 10.1 Å². The molecule has 0 spiro atoms. The van der Waals surface area contributed by atoms with Crippen LogP contribution in [-0.4, -0.2) is 22.5 Å². The predicted octanol–water partition coefficient (Wildman–Crippen LogP) is 3.85. The minimum atomic E-state index is 0.553. The molecule has 1 N–H and O–H groups in total. The van der Waals surface area contributed by atoms with E-state index in [-0.39, 0.29) is 0 Å². The third-order valence-corrected chi connectivity index (χ3v) is 5.47. The number of rotatable bonds is 5. The molecule has 0 aliphatic heterocycles. The Labute approximate surface area is 130 Å². The number of hydrogen-bond acceptors (Lipinski definition) is 4. The Bertz CT molecular complexity index is 569. The van der Waals surface area contributed by atoms with Gasteiger partial charge in [-0.3, -0.25) is 4.40 Å². The second-order valence-corrected chi connectivity index (χ2v) is 6.92. The van der Waals surface area contributed by atoms with Crippen molar-refractivity contribution in [2.45, 2.75) is 58.0 Å². The molecule has 4 nitrogen and oxygen atoms in total. The van der Waals surface area contributed by atoms with E-state index in [1.807, 2.05) is 0 Å². The van der Waals surface area contributed by atoms with E-state index < -0.39 is 0 Å². The number of imidazole rings is 1. The highest BCUT2D eigenvalue weighted by Crippen LogP contribution is 2.27. The molecular weight excluding hydrogens is 282 g/mol. The second-order valence-electron chi connectivity index (χ2n) is 6.04. The van der Waals surface area contributed by atoms with Crippen LogP contribution in [0.5, 0.6) is 5.88 Å². The van der Waals surface area contributed by atoms with Crippen LogP contribution in [0.15, 0.2) is 11.6 Å². The lowest BCUT2D eigenvalue weighted by atomic mass is 9.93. The fourth-order valence-corrected chi connectivity index (χ4v) is 4.10. The fraction of sp³-hybridized carbons (Fsp3) is 0.688. The van der Waals surface area contributed by atoms with Crippen LogP contribution in [0, 0.1) is 5.92 Å². The van der Waals surface area contributed by atoms with Crippen LogP contribution in [-0.2, 0) is 6.54 Å². The highest BCUT2D eigenvalue weighted by Gasteiger charge is 2.20. The molecule has 21 heavy (non-hydrogen) atoms. The van der Waals surface area contributed by atoms with Crippen molar-refractivity contribution in [3.63, 3.8) is 0 Å². The average Bonchev–Trinajstić information content (AvgIpc) is 2.95. The quantitative estimate of drug-likeness (QED) is 0.853. The largest absolute Gasteiger partial charge is 0.480 e. The first-order chi connectivity index (χ1) is 10.3. The summed E-state index contributed by atoms with van der Waals surface area (Å²) in [6, 6.07) is 0.553. The van der Waals surface area contributed by atoms with Gasteiger partial charge in [-0.1, -0.05) is 25.7 Å². The summed E-state index contributed by atoms with van der Waals surface area (Å²) in [5, 5.41) is 5.77. The van der Waals surface area contributed by atoms with Gasteiger partial charge in [0.25, 0.3) is 0 Å². The third kappa shape index (κ3) is 3.24. The summed E-state index contributed by atoms with van der Waals surface area (Å²) >= 11 is 1.65. The van der Waals surface area contributed by atoms with E-state index in [2.05, 4.69) is 33.2 Å². The fourth-order valence-electron chi connectivity index (χ4n) is 3.37. The Morgan fingerprint density at radius 1 is 1.38 bits per heavy atom. The second kappa shape index (κ2) is 6.79. The zero-order valence-corrected chi connectivity index (χ0v) is 13.8. The van der Waals surface area contributed by atoms with Crippen molar-refractivity contribution in [3.05, 3.63) is 17.3 Å². The van der Waals surface area contributed by atoms with Gasteiger partial charge in [0.1, 0.15) is 5.69 Å². The van der Waals surface area contributed by atoms with Gasteiger partial charge in [0, 0.05) is 24.2 Å². The third-order valence-electron chi connectivity index (χ3n) is 4.72. The zero-order chi connectivity index (χ0) is 14.7. The molecule has 1 fully saturated rings. The minimum absolute atomic E-state index is 0.553. The molecule has 2 aromatic heterocycles. The van der Waals surface area contributed by atoms with Gasteiger partial charge in [-0.05, 0) is 25.7 Å². The summed E-state index contributed by atoms with van der Waals surface area (Å²) < 4.78 is 7.56. The molecule has 0 aromatic carbocycles. The SMILES string of the molecule is COc1nc2sccn2c1CN[C@H](C)C1CCCCCC1. The van der Waals surface area contributed by atoms with Crippen molar-refractivity contribution in [2.75, 3.05) is 7.11 Å². The zero-order valence-electron chi connectivity index (χ0n) is 13.0. The minimum Gasteiger partial charge on any atom is -0.480 e. The summed E-state index contributed by atoms with van der Waals surface area (Å²) in [6.07, 6.45) is 10.4. The first-order valence-corrected chi connectivity index (χ1v) is 8.89. The summed E-state index contributed by atoms with van der Waals surface area (Å²) in [4.78, 5) is 5.52. The molecule has 0 saturated heterocycles. The number of hydrogen-bond donors (Lipinski definition) is 1. The summed E-state index contributed by atoms with van der Waals surface area (Å²) in [5.41, 5.74) is 1.13. The van der Waals surface area contributed by atoms with Crippen LogP contribution in [0.3, 0.4) is 0 Å². The number of ether oxygens (including phenoxy) is 1. The molecule has 1 saturated carbocycles. The lowest BCUT2D eigenvalue weighted by molar-refractivity contribution is 0.331. The van der Waals surface area contributed by atoms with Gasteiger partial charge in [-0.2, -0.15) is 4.98 Å². The number of nitrogens with zero attached hydrogens (tertiary/aromatic N) is 2. The van der Waals surface area contributed by atoms with E-state index in [1.54, 1.807) is 18.4 Å². The van der Waals surface area contributed by atoms with Crippen LogP contribution in [0.2, 0.25) is 0 Å². The molecule has 1 aliphatic carbocycles. The summed E-state index contributed by atoms with van der Waals surface area (Å²) in [5.74, 6) is 1.56. The van der Waals surface area contributed by atoms with Gasteiger partial charge in [0.2, 0.25) is 5.88 Å². The lowest BCUT2D eigenvalue weighted by Crippen LogP contribution is -2.33. The first kappa shape index (κ1) is 14.9. The Hall–Kier alpha value is -1.07. The average molecular weight is 307 g/mol. The first-order valence-electron chi connectivity index (χ1n) is 8.01. The molecule has 0 radical (unpaired) electrons. The smallest absolute Gasteiger partial charge is 0.237 e. The van der Waals surface area contributed by atoms with E-state index in [4.69, 9.17) is 4.74 Å². The highest BCUT2D eigenvalue weighted by atomic mass is 32.1. The molecule has 2 aromatic rings. The van der Waals surface area contributed by atoms with Crippen molar-refractivity contribution in [1.29, 1.82) is 0 Å². The molecule has 0 bridgehead atoms. The maximum atomic E-state index is 5.42.